The van der Waals surface area contributed by atoms with Gasteiger partial charge in [0, 0.05) is 11.0 Å². The first-order valence-corrected chi connectivity index (χ1v) is 4.54. The van der Waals surface area contributed by atoms with Gasteiger partial charge in [-0.3, -0.25) is 0 Å². The van der Waals surface area contributed by atoms with Gasteiger partial charge in [-0.2, -0.15) is 0 Å². The lowest BCUT2D eigenvalue weighted by Gasteiger charge is -2.22. The summed E-state index contributed by atoms with van der Waals surface area (Å²) in [6, 6.07) is 7.53. The second-order valence-corrected chi connectivity index (χ2v) is 3.81. The maximum absolute atomic E-state index is 9.82. The summed E-state index contributed by atoms with van der Waals surface area (Å²) in [5, 5.41) is 9.82. The van der Waals surface area contributed by atoms with Gasteiger partial charge < -0.3 is 10.8 Å². The average Bonchev–Trinajstić information content (AvgIpc) is 2.05. The van der Waals surface area contributed by atoms with Crippen LogP contribution >= 0.6 is 28.3 Å². The molecule has 1 unspecified atom stereocenters. The minimum absolute atomic E-state index is 0. The summed E-state index contributed by atoms with van der Waals surface area (Å²) in [6.45, 7) is 1.92. The van der Waals surface area contributed by atoms with Crippen LogP contribution in [0.2, 0.25) is 0 Å². The Balaban J connectivity index is 0.00000144. The molecular formula is C9H13BrClNO. The number of rotatable bonds is 2. The van der Waals surface area contributed by atoms with E-state index in [1.54, 1.807) is 6.92 Å². The van der Waals surface area contributed by atoms with Gasteiger partial charge in [-0.25, -0.2) is 0 Å². The largest absolute Gasteiger partial charge is 0.384 e. The summed E-state index contributed by atoms with van der Waals surface area (Å²) in [6.07, 6.45) is 0. The fourth-order valence-corrected chi connectivity index (χ4v) is 1.72. The zero-order valence-corrected chi connectivity index (χ0v) is 9.73. The highest BCUT2D eigenvalue weighted by atomic mass is 79.9. The van der Waals surface area contributed by atoms with Crippen molar-refractivity contribution < 1.29 is 5.11 Å². The molecule has 0 saturated heterocycles. The zero-order chi connectivity index (χ0) is 9.19. The van der Waals surface area contributed by atoms with Gasteiger partial charge in [0.1, 0.15) is 5.60 Å². The summed E-state index contributed by atoms with van der Waals surface area (Å²) in [5.41, 5.74) is 5.32. The van der Waals surface area contributed by atoms with Crippen LogP contribution in [0.15, 0.2) is 28.7 Å². The van der Waals surface area contributed by atoms with Gasteiger partial charge in [0.25, 0.3) is 0 Å². The van der Waals surface area contributed by atoms with E-state index in [2.05, 4.69) is 15.9 Å². The number of halogens is 2. The molecule has 13 heavy (non-hydrogen) atoms. The minimum Gasteiger partial charge on any atom is -0.384 e. The Labute approximate surface area is 92.7 Å². The van der Waals surface area contributed by atoms with Gasteiger partial charge in [0.2, 0.25) is 0 Å². The third kappa shape index (κ3) is 2.95. The molecule has 0 bridgehead atoms. The Kier molecular flexibility index (Phi) is 4.92. The molecule has 0 heterocycles. The Morgan fingerprint density at radius 2 is 2.00 bits per heavy atom. The third-order valence-electron chi connectivity index (χ3n) is 1.85. The quantitative estimate of drug-likeness (QED) is 0.860. The molecule has 4 heteroatoms. The van der Waals surface area contributed by atoms with Crippen molar-refractivity contribution in [3.8, 4) is 0 Å². The first-order valence-electron chi connectivity index (χ1n) is 3.75. The standard InChI is InChI=1S/C9H12BrNO.ClH/c1-9(12,6-11)7-4-2-3-5-8(7)10;/h2-5,12H,6,11H2,1H3;1H. The Bertz CT molecular complexity index is 278. The van der Waals surface area contributed by atoms with Crippen molar-refractivity contribution in [2.75, 3.05) is 6.54 Å². The van der Waals surface area contributed by atoms with Gasteiger partial charge in [-0.05, 0) is 18.6 Å². The SMILES string of the molecule is CC(O)(CN)c1ccccc1Br.Cl. The molecule has 0 aromatic heterocycles. The maximum Gasteiger partial charge on any atom is 0.100 e. The van der Waals surface area contributed by atoms with E-state index in [0.29, 0.717) is 0 Å². The Morgan fingerprint density at radius 3 is 2.46 bits per heavy atom. The molecular weight excluding hydrogens is 253 g/mol. The van der Waals surface area contributed by atoms with Crippen molar-refractivity contribution in [1.29, 1.82) is 0 Å². The predicted molar refractivity (Wildman–Crippen MR) is 60.0 cm³/mol. The molecule has 0 saturated carbocycles. The molecule has 1 rings (SSSR count). The number of hydrogen-bond acceptors (Lipinski definition) is 2. The summed E-state index contributed by atoms with van der Waals surface area (Å²) in [4.78, 5) is 0. The highest BCUT2D eigenvalue weighted by molar-refractivity contribution is 9.10. The fourth-order valence-electron chi connectivity index (χ4n) is 1.01. The van der Waals surface area contributed by atoms with Crippen LogP contribution in [0.1, 0.15) is 12.5 Å². The predicted octanol–water partition coefficient (Wildman–Crippen LogP) is 2.04. The average molecular weight is 267 g/mol. The Morgan fingerprint density at radius 1 is 1.46 bits per heavy atom. The maximum atomic E-state index is 9.82. The normalized spacial score (nSPS) is 14.5. The molecule has 1 aromatic rings. The molecule has 0 fully saturated rings. The number of hydrogen-bond donors (Lipinski definition) is 2. The first kappa shape index (κ1) is 12.9. The monoisotopic (exact) mass is 265 g/mol. The van der Waals surface area contributed by atoms with E-state index >= 15 is 0 Å². The van der Waals surface area contributed by atoms with Crippen LogP contribution in [0.4, 0.5) is 0 Å². The lowest BCUT2D eigenvalue weighted by Crippen LogP contribution is -2.31. The zero-order valence-electron chi connectivity index (χ0n) is 7.33. The smallest absolute Gasteiger partial charge is 0.100 e. The molecule has 0 aliphatic carbocycles. The summed E-state index contributed by atoms with van der Waals surface area (Å²) < 4.78 is 0.889. The van der Waals surface area contributed by atoms with Crippen LogP contribution in [-0.2, 0) is 5.60 Å². The van der Waals surface area contributed by atoms with Crippen molar-refractivity contribution in [3.63, 3.8) is 0 Å². The molecule has 0 spiro atoms. The third-order valence-corrected chi connectivity index (χ3v) is 2.54. The van der Waals surface area contributed by atoms with Gasteiger partial charge in [-0.15, -0.1) is 12.4 Å². The molecule has 0 amide bonds. The van der Waals surface area contributed by atoms with Crippen molar-refractivity contribution in [3.05, 3.63) is 34.3 Å². The lowest BCUT2D eigenvalue weighted by molar-refractivity contribution is 0.0661. The topological polar surface area (TPSA) is 46.2 Å². The number of nitrogens with two attached hydrogens (primary N) is 1. The molecule has 74 valence electrons. The van der Waals surface area contributed by atoms with E-state index in [9.17, 15) is 5.11 Å². The van der Waals surface area contributed by atoms with Gasteiger partial charge in [0.05, 0.1) is 0 Å². The van der Waals surface area contributed by atoms with E-state index in [1.807, 2.05) is 24.3 Å². The van der Waals surface area contributed by atoms with E-state index in [1.165, 1.54) is 0 Å². The lowest BCUT2D eigenvalue weighted by atomic mass is 9.97. The summed E-state index contributed by atoms with van der Waals surface area (Å²) in [7, 11) is 0. The van der Waals surface area contributed by atoms with Gasteiger partial charge >= 0.3 is 0 Å². The number of benzene rings is 1. The van der Waals surface area contributed by atoms with Gasteiger partial charge in [0.15, 0.2) is 0 Å². The van der Waals surface area contributed by atoms with Crippen molar-refractivity contribution in [2.24, 2.45) is 5.73 Å². The molecule has 0 radical (unpaired) electrons. The molecule has 2 nitrogen and oxygen atoms in total. The van der Waals surface area contributed by atoms with Crippen LogP contribution in [0.5, 0.6) is 0 Å². The van der Waals surface area contributed by atoms with Crippen LogP contribution < -0.4 is 5.73 Å². The summed E-state index contributed by atoms with van der Waals surface area (Å²) in [5.74, 6) is 0. The van der Waals surface area contributed by atoms with Crippen LogP contribution in [-0.4, -0.2) is 11.7 Å². The molecule has 1 atom stereocenters. The minimum atomic E-state index is -0.944. The first-order chi connectivity index (χ1) is 5.58. The second-order valence-electron chi connectivity index (χ2n) is 2.96. The Hall–Kier alpha value is -0.0900. The fraction of sp³-hybridized carbons (Fsp3) is 0.333. The summed E-state index contributed by atoms with van der Waals surface area (Å²) >= 11 is 3.36. The van der Waals surface area contributed by atoms with E-state index in [-0.39, 0.29) is 19.0 Å². The highest BCUT2D eigenvalue weighted by Crippen LogP contribution is 2.26. The van der Waals surface area contributed by atoms with Crippen molar-refractivity contribution in [2.45, 2.75) is 12.5 Å². The van der Waals surface area contributed by atoms with Crippen LogP contribution in [0, 0.1) is 0 Å². The molecule has 1 aromatic carbocycles. The van der Waals surface area contributed by atoms with Crippen LogP contribution in [0.25, 0.3) is 0 Å². The van der Waals surface area contributed by atoms with Crippen molar-refractivity contribution in [1.82, 2.24) is 0 Å². The van der Waals surface area contributed by atoms with Crippen LogP contribution in [0.3, 0.4) is 0 Å². The van der Waals surface area contributed by atoms with E-state index in [0.717, 1.165) is 10.0 Å². The molecule has 0 aliphatic heterocycles. The molecule has 0 aliphatic rings. The van der Waals surface area contributed by atoms with E-state index < -0.39 is 5.60 Å². The van der Waals surface area contributed by atoms with Crippen molar-refractivity contribution >= 4 is 28.3 Å². The number of aliphatic hydroxyl groups is 1. The second kappa shape index (κ2) is 4.96. The van der Waals surface area contributed by atoms with Gasteiger partial charge in [-0.1, -0.05) is 34.1 Å². The van der Waals surface area contributed by atoms with E-state index in [4.69, 9.17) is 5.73 Å². The highest BCUT2D eigenvalue weighted by Gasteiger charge is 2.22. The molecule has 3 N–H and O–H groups in total.